The fourth-order valence-electron chi connectivity index (χ4n) is 2.68. The number of unbranched alkanes of at least 4 members (excludes halogenated alkanes) is 1. The Labute approximate surface area is 113 Å². The van der Waals surface area contributed by atoms with E-state index in [0.29, 0.717) is 0 Å². The second-order valence-corrected chi connectivity index (χ2v) is 5.12. The van der Waals surface area contributed by atoms with Crippen molar-refractivity contribution in [2.24, 2.45) is 0 Å². The molecule has 2 aromatic heterocycles. The van der Waals surface area contributed by atoms with Crippen molar-refractivity contribution in [3.8, 4) is 0 Å². The minimum atomic E-state index is 0.929. The molecule has 3 rings (SSSR count). The van der Waals surface area contributed by atoms with Gasteiger partial charge in [-0.3, -0.25) is 4.90 Å². The number of H-pyrrole nitrogens is 1. The Hall–Kier alpha value is -1.62. The molecule has 19 heavy (non-hydrogen) atoms. The van der Waals surface area contributed by atoms with E-state index in [-0.39, 0.29) is 0 Å². The number of hydrogen-bond donors (Lipinski definition) is 1. The average molecular weight is 259 g/mol. The van der Waals surface area contributed by atoms with Crippen LogP contribution in [0.25, 0.3) is 11.0 Å². The average Bonchev–Trinajstić information content (AvgIpc) is 2.94. The Morgan fingerprint density at radius 3 is 2.84 bits per heavy atom. The number of hydrogen-bond acceptors (Lipinski definition) is 4. The monoisotopic (exact) mass is 259 g/mol. The molecule has 0 unspecified atom stereocenters. The largest absolute Gasteiger partial charge is 0.353 e. The summed E-state index contributed by atoms with van der Waals surface area (Å²) in [5, 5.41) is 1.13. The van der Waals surface area contributed by atoms with Crippen molar-refractivity contribution in [2.75, 3.05) is 37.6 Å². The molecule has 1 aliphatic rings. The Morgan fingerprint density at radius 1 is 1.21 bits per heavy atom. The maximum absolute atomic E-state index is 4.47. The van der Waals surface area contributed by atoms with Crippen LogP contribution in [-0.2, 0) is 0 Å². The first-order chi connectivity index (χ1) is 9.38. The second kappa shape index (κ2) is 5.57. The van der Waals surface area contributed by atoms with Crippen LogP contribution >= 0.6 is 0 Å². The molecule has 2 aromatic rings. The first kappa shape index (κ1) is 12.4. The molecule has 0 atom stereocenters. The Kier molecular flexibility index (Phi) is 3.64. The summed E-state index contributed by atoms with van der Waals surface area (Å²) in [6.45, 7) is 7.86. The minimum Gasteiger partial charge on any atom is -0.353 e. The van der Waals surface area contributed by atoms with E-state index >= 15 is 0 Å². The van der Waals surface area contributed by atoms with Gasteiger partial charge in [-0.2, -0.15) is 0 Å². The maximum Gasteiger partial charge on any atom is 0.142 e. The summed E-state index contributed by atoms with van der Waals surface area (Å²) >= 11 is 0. The highest BCUT2D eigenvalue weighted by atomic mass is 15.3. The lowest BCUT2D eigenvalue weighted by molar-refractivity contribution is 0.254. The van der Waals surface area contributed by atoms with E-state index in [1.807, 2.05) is 6.20 Å². The highest BCUT2D eigenvalue weighted by molar-refractivity contribution is 5.87. The summed E-state index contributed by atoms with van der Waals surface area (Å²) in [4.78, 5) is 16.8. The van der Waals surface area contributed by atoms with Crippen molar-refractivity contribution in [1.29, 1.82) is 0 Å². The number of fused-ring (bicyclic) bond motifs is 1. The van der Waals surface area contributed by atoms with Gasteiger partial charge < -0.3 is 9.88 Å². The molecule has 0 aliphatic carbocycles. The van der Waals surface area contributed by atoms with E-state index in [1.165, 1.54) is 19.4 Å². The lowest BCUT2D eigenvalue weighted by Gasteiger charge is -2.35. The molecule has 0 amide bonds. The molecular weight excluding hydrogens is 238 g/mol. The topological polar surface area (TPSA) is 48.1 Å². The molecule has 1 aliphatic heterocycles. The maximum atomic E-state index is 4.47. The van der Waals surface area contributed by atoms with Crippen molar-refractivity contribution in [3.63, 3.8) is 0 Å². The smallest absolute Gasteiger partial charge is 0.142 e. The van der Waals surface area contributed by atoms with E-state index in [4.69, 9.17) is 0 Å². The molecule has 1 N–H and O–H groups in total. The van der Waals surface area contributed by atoms with Gasteiger partial charge in [-0.05, 0) is 19.0 Å². The molecule has 0 saturated carbocycles. The Morgan fingerprint density at radius 2 is 2.05 bits per heavy atom. The molecule has 1 fully saturated rings. The van der Waals surface area contributed by atoms with Crippen molar-refractivity contribution < 1.29 is 0 Å². The standard InChI is InChI=1S/C14H21N5/c1-2-3-6-18-7-9-19(10-8-18)14-12-4-5-15-13(12)16-11-17-14/h4-5,11H,2-3,6-10H2,1H3,(H,15,16,17). The van der Waals surface area contributed by atoms with Crippen LogP contribution in [0, 0.1) is 0 Å². The zero-order valence-electron chi connectivity index (χ0n) is 11.5. The number of nitrogens with one attached hydrogen (secondary N) is 1. The molecular formula is C14H21N5. The van der Waals surface area contributed by atoms with Crippen molar-refractivity contribution >= 4 is 16.9 Å². The molecule has 5 nitrogen and oxygen atoms in total. The van der Waals surface area contributed by atoms with Gasteiger partial charge in [0.05, 0.1) is 5.39 Å². The number of piperazine rings is 1. The lowest BCUT2D eigenvalue weighted by atomic mass is 10.2. The van der Waals surface area contributed by atoms with Crippen LogP contribution in [0.3, 0.4) is 0 Å². The summed E-state index contributed by atoms with van der Waals surface area (Å²) in [5.74, 6) is 1.07. The predicted octanol–water partition coefficient (Wildman–Crippen LogP) is 1.88. The van der Waals surface area contributed by atoms with Crippen LogP contribution in [0.5, 0.6) is 0 Å². The first-order valence-corrected chi connectivity index (χ1v) is 7.14. The fourth-order valence-corrected chi connectivity index (χ4v) is 2.68. The number of aromatic nitrogens is 3. The molecule has 0 aromatic carbocycles. The summed E-state index contributed by atoms with van der Waals surface area (Å²) in [5.41, 5.74) is 0.929. The minimum absolute atomic E-state index is 0.929. The van der Waals surface area contributed by atoms with E-state index in [1.54, 1.807) is 6.33 Å². The van der Waals surface area contributed by atoms with E-state index in [0.717, 1.165) is 43.0 Å². The molecule has 0 bridgehead atoms. The second-order valence-electron chi connectivity index (χ2n) is 5.12. The Bertz CT molecular complexity index is 527. The van der Waals surface area contributed by atoms with Crippen LogP contribution < -0.4 is 4.90 Å². The quantitative estimate of drug-likeness (QED) is 0.910. The normalized spacial score (nSPS) is 17.2. The van der Waals surface area contributed by atoms with Gasteiger partial charge in [-0.1, -0.05) is 13.3 Å². The van der Waals surface area contributed by atoms with E-state index < -0.39 is 0 Å². The summed E-state index contributed by atoms with van der Waals surface area (Å²) < 4.78 is 0. The zero-order chi connectivity index (χ0) is 13.1. The third-order valence-corrected chi connectivity index (χ3v) is 3.83. The number of anilines is 1. The molecule has 1 saturated heterocycles. The van der Waals surface area contributed by atoms with Crippen molar-refractivity contribution in [2.45, 2.75) is 19.8 Å². The van der Waals surface area contributed by atoms with Crippen LogP contribution in [0.15, 0.2) is 18.6 Å². The highest BCUT2D eigenvalue weighted by Crippen LogP contribution is 2.22. The lowest BCUT2D eigenvalue weighted by Crippen LogP contribution is -2.47. The summed E-state index contributed by atoms with van der Waals surface area (Å²) in [6, 6.07) is 2.06. The van der Waals surface area contributed by atoms with E-state index in [2.05, 4.69) is 37.7 Å². The SMILES string of the molecule is CCCCN1CCN(c2ncnc3[nH]ccc23)CC1. The van der Waals surface area contributed by atoms with Gasteiger partial charge in [0.15, 0.2) is 0 Å². The van der Waals surface area contributed by atoms with Crippen LogP contribution in [0.4, 0.5) is 5.82 Å². The number of rotatable bonds is 4. The van der Waals surface area contributed by atoms with Crippen molar-refractivity contribution in [1.82, 2.24) is 19.9 Å². The highest BCUT2D eigenvalue weighted by Gasteiger charge is 2.19. The van der Waals surface area contributed by atoms with Gasteiger partial charge in [-0.15, -0.1) is 0 Å². The molecule has 102 valence electrons. The molecule has 0 radical (unpaired) electrons. The Balaban J connectivity index is 1.69. The predicted molar refractivity (Wildman–Crippen MR) is 77.4 cm³/mol. The van der Waals surface area contributed by atoms with Crippen LogP contribution in [-0.4, -0.2) is 52.6 Å². The van der Waals surface area contributed by atoms with Crippen LogP contribution in [0.1, 0.15) is 19.8 Å². The summed E-state index contributed by atoms with van der Waals surface area (Å²) in [6.07, 6.45) is 6.16. The fraction of sp³-hybridized carbons (Fsp3) is 0.571. The van der Waals surface area contributed by atoms with Crippen LogP contribution in [0.2, 0.25) is 0 Å². The molecule has 0 spiro atoms. The zero-order valence-corrected chi connectivity index (χ0v) is 11.5. The molecule has 3 heterocycles. The van der Waals surface area contributed by atoms with Gasteiger partial charge in [0.1, 0.15) is 17.8 Å². The third kappa shape index (κ3) is 2.56. The molecule has 5 heteroatoms. The van der Waals surface area contributed by atoms with Gasteiger partial charge >= 0.3 is 0 Å². The van der Waals surface area contributed by atoms with Gasteiger partial charge in [-0.25, -0.2) is 9.97 Å². The van der Waals surface area contributed by atoms with Gasteiger partial charge in [0.2, 0.25) is 0 Å². The van der Waals surface area contributed by atoms with E-state index in [9.17, 15) is 0 Å². The van der Waals surface area contributed by atoms with Gasteiger partial charge in [0.25, 0.3) is 0 Å². The van der Waals surface area contributed by atoms with Gasteiger partial charge in [0, 0.05) is 32.4 Å². The number of nitrogens with zero attached hydrogens (tertiary/aromatic N) is 4. The van der Waals surface area contributed by atoms with Crippen molar-refractivity contribution in [3.05, 3.63) is 18.6 Å². The third-order valence-electron chi connectivity index (χ3n) is 3.83. The first-order valence-electron chi connectivity index (χ1n) is 7.14. The summed E-state index contributed by atoms with van der Waals surface area (Å²) in [7, 11) is 0. The number of aromatic amines is 1.